The molecule has 0 aliphatic rings. The molecule has 120 valence electrons. The lowest BCUT2D eigenvalue weighted by Gasteiger charge is -1.97. The standard InChI is InChI=1S/C20H12FN3S/c21-15-7-5-13(6-8-15)17-10-9-16(23-17)11-14(12-22)20-24-18-3-1-2-4-19(18)25-20/h1-11,23H/b14-11+. The molecule has 3 nitrogen and oxygen atoms in total. The molecule has 25 heavy (non-hydrogen) atoms. The van der Waals surface area contributed by atoms with Crippen molar-refractivity contribution in [2.75, 3.05) is 0 Å². The van der Waals surface area contributed by atoms with Gasteiger partial charge in [0, 0.05) is 11.4 Å². The predicted molar refractivity (Wildman–Crippen MR) is 99.3 cm³/mol. The van der Waals surface area contributed by atoms with Crippen molar-refractivity contribution in [1.82, 2.24) is 9.97 Å². The number of hydrogen-bond acceptors (Lipinski definition) is 3. The normalized spacial score (nSPS) is 11.6. The summed E-state index contributed by atoms with van der Waals surface area (Å²) >= 11 is 1.50. The Bertz CT molecular complexity index is 1080. The molecule has 0 unspecified atom stereocenters. The van der Waals surface area contributed by atoms with E-state index in [0.717, 1.165) is 27.2 Å². The zero-order chi connectivity index (χ0) is 17.2. The van der Waals surface area contributed by atoms with E-state index < -0.39 is 0 Å². The van der Waals surface area contributed by atoms with Crippen molar-refractivity contribution in [3.63, 3.8) is 0 Å². The first-order valence-electron chi connectivity index (χ1n) is 7.65. The molecule has 0 amide bonds. The van der Waals surface area contributed by atoms with E-state index >= 15 is 0 Å². The van der Waals surface area contributed by atoms with E-state index in [1.165, 1.54) is 23.5 Å². The maximum absolute atomic E-state index is 13.0. The highest BCUT2D eigenvalue weighted by atomic mass is 32.1. The average Bonchev–Trinajstić information content (AvgIpc) is 3.27. The van der Waals surface area contributed by atoms with Crippen molar-refractivity contribution in [3.8, 4) is 17.3 Å². The quantitative estimate of drug-likeness (QED) is 0.499. The summed E-state index contributed by atoms with van der Waals surface area (Å²) in [7, 11) is 0. The van der Waals surface area contributed by atoms with E-state index in [2.05, 4.69) is 16.0 Å². The minimum atomic E-state index is -0.266. The molecule has 0 atom stereocenters. The van der Waals surface area contributed by atoms with Gasteiger partial charge in [0.2, 0.25) is 0 Å². The highest BCUT2D eigenvalue weighted by molar-refractivity contribution is 7.19. The van der Waals surface area contributed by atoms with Gasteiger partial charge in [0.1, 0.15) is 16.9 Å². The minimum Gasteiger partial charge on any atom is -0.355 e. The second-order valence-corrected chi connectivity index (χ2v) is 6.52. The fraction of sp³-hybridized carbons (Fsp3) is 0. The Hall–Kier alpha value is -3.23. The summed E-state index contributed by atoms with van der Waals surface area (Å²) in [5.41, 5.74) is 3.96. The molecule has 1 N–H and O–H groups in total. The molecule has 0 saturated carbocycles. The van der Waals surface area contributed by atoms with E-state index in [0.29, 0.717) is 10.6 Å². The second kappa shape index (κ2) is 6.34. The van der Waals surface area contributed by atoms with Gasteiger partial charge in [0.25, 0.3) is 0 Å². The zero-order valence-corrected chi connectivity index (χ0v) is 13.8. The second-order valence-electron chi connectivity index (χ2n) is 5.49. The van der Waals surface area contributed by atoms with Crippen LogP contribution in [0, 0.1) is 17.1 Å². The zero-order valence-electron chi connectivity index (χ0n) is 13.0. The summed E-state index contributed by atoms with van der Waals surface area (Å²) in [5, 5.41) is 10.2. The van der Waals surface area contributed by atoms with Crippen LogP contribution in [0.3, 0.4) is 0 Å². The van der Waals surface area contributed by atoms with E-state index in [4.69, 9.17) is 0 Å². The van der Waals surface area contributed by atoms with Gasteiger partial charge in [-0.15, -0.1) is 11.3 Å². The SMILES string of the molecule is N#C/C(=C\c1ccc(-c2ccc(F)cc2)[nH]1)c1nc2ccccc2s1. The number of H-pyrrole nitrogens is 1. The number of nitrogens with zero attached hydrogens (tertiary/aromatic N) is 2. The smallest absolute Gasteiger partial charge is 0.135 e. The fourth-order valence-corrected chi connectivity index (χ4v) is 3.51. The summed E-state index contributed by atoms with van der Waals surface area (Å²) in [6.07, 6.45) is 1.78. The number of rotatable bonds is 3. The highest BCUT2D eigenvalue weighted by Gasteiger charge is 2.09. The van der Waals surface area contributed by atoms with Gasteiger partial charge in [-0.05, 0) is 60.2 Å². The lowest BCUT2D eigenvalue weighted by molar-refractivity contribution is 0.628. The number of aromatic amines is 1. The molecular formula is C20H12FN3S. The van der Waals surface area contributed by atoms with Crippen LogP contribution in [-0.2, 0) is 0 Å². The van der Waals surface area contributed by atoms with E-state index in [1.54, 1.807) is 18.2 Å². The van der Waals surface area contributed by atoms with Gasteiger partial charge in [-0.25, -0.2) is 9.37 Å². The predicted octanol–water partition coefficient (Wildman–Crippen LogP) is 5.49. The Morgan fingerprint density at radius 3 is 2.64 bits per heavy atom. The van der Waals surface area contributed by atoms with Crippen molar-refractivity contribution in [3.05, 3.63) is 77.2 Å². The lowest BCUT2D eigenvalue weighted by atomic mass is 10.1. The van der Waals surface area contributed by atoms with Crippen LogP contribution in [0.25, 0.3) is 33.1 Å². The molecule has 0 fully saturated rings. The number of hydrogen-bond donors (Lipinski definition) is 1. The van der Waals surface area contributed by atoms with Crippen LogP contribution in [0.5, 0.6) is 0 Å². The van der Waals surface area contributed by atoms with Crippen LogP contribution in [0.4, 0.5) is 4.39 Å². The van der Waals surface area contributed by atoms with E-state index in [9.17, 15) is 9.65 Å². The van der Waals surface area contributed by atoms with Crippen molar-refractivity contribution < 1.29 is 4.39 Å². The van der Waals surface area contributed by atoms with E-state index in [-0.39, 0.29) is 5.82 Å². The number of aromatic nitrogens is 2. The molecule has 0 bridgehead atoms. The van der Waals surface area contributed by atoms with Gasteiger partial charge in [-0.3, -0.25) is 0 Å². The molecular weight excluding hydrogens is 333 g/mol. The number of fused-ring (bicyclic) bond motifs is 1. The van der Waals surface area contributed by atoms with Crippen LogP contribution in [0.15, 0.2) is 60.7 Å². The van der Waals surface area contributed by atoms with Crippen LogP contribution < -0.4 is 0 Å². The topological polar surface area (TPSA) is 52.5 Å². The third-order valence-corrected chi connectivity index (χ3v) is 4.88. The fourth-order valence-electron chi connectivity index (χ4n) is 2.58. The Kier molecular flexibility index (Phi) is 3.88. The monoisotopic (exact) mass is 345 g/mol. The maximum Gasteiger partial charge on any atom is 0.135 e. The van der Waals surface area contributed by atoms with Crippen molar-refractivity contribution in [2.24, 2.45) is 0 Å². The van der Waals surface area contributed by atoms with Gasteiger partial charge in [0.15, 0.2) is 0 Å². The first kappa shape index (κ1) is 15.3. The summed E-state index contributed by atoms with van der Waals surface area (Å²) in [5.74, 6) is -0.266. The number of nitrogens with one attached hydrogen (secondary N) is 1. The molecule has 0 saturated heterocycles. The van der Waals surface area contributed by atoms with Gasteiger partial charge in [0.05, 0.1) is 15.8 Å². The van der Waals surface area contributed by atoms with Gasteiger partial charge in [-0.2, -0.15) is 5.26 Å². The Morgan fingerprint density at radius 1 is 1.08 bits per heavy atom. The van der Waals surface area contributed by atoms with Crippen LogP contribution in [0.1, 0.15) is 10.7 Å². The van der Waals surface area contributed by atoms with Gasteiger partial charge < -0.3 is 4.98 Å². The minimum absolute atomic E-state index is 0.266. The molecule has 0 radical (unpaired) electrons. The first-order chi connectivity index (χ1) is 12.2. The molecule has 0 aliphatic heterocycles. The summed E-state index contributed by atoms with van der Waals surface area (Å²) < 4.78 is 14.1. The summed E-state index contributed by atoms with van der Waals surface area (Å²) in [4.78, 5) is 7.77. The molecule has 2 aromatic heterocycles. The van der Waals surface area contributed by atoms with Crippen molar-refractivity contribution in [1.29, 1.82) is 5.26 Å². The molecule has 2 aromatic carbocycles. The average molecular weight is 345 g/mol. The lowest BCUT2D eigenvalue weighted by Crippen LogP contribution is -1.82. The first-order valence-corrected chi connectivity index (χ1v) is 8.47. The molecule has 0 aliphatic carbocycles. The van der Waals surface area contributed by atoms with Crippen LogP contribution >= 0.6 is 11.3 Å². The number of halogens is 1. The van der Waals surface area contributed by atoms with Gasteiger partial charge in [-0.1, -0.05) is 12.1 Å². The van der Waals surface area contributed by atoms with Gasteiger partial charge >= 0.3 is 0 Å². The number of thiazole rings is 1. The highest BCUT2D eigenvalue weighted by Crippen LogP contribution is 2.28. The molecule has 4 rings (SSSR count). The summed E-state index contributed by atoms with van der Waals surface area (Å²) in [6.45, 7) is 0. The Balaban J connectivity index is 1.69. The molecule has 4 aromatic rings. The number of para-hydroxylation sites is 1. The number of nitriles is 1. The Labute approximate surface area is 147 Å². The third kappa shape index (κ3) is 3.08. The van der Waals surface area contributed by atoms with Crippen molar-refractivity contribution >= 4 is 33.2 Å². The molecule has 5 heteroatoms. The summed E-state index contributed by atoms with van der Waals surface area (Å²) in [6, 6.07) is 20.1. The van der Waals surface area contributed by atoms with Crippen molar-refractivity contribution in [2.45, 2.75) is 0 Å². The molecule has 2 heterocycles. The third-order valence-electron chi connectivity index (χ3n) is 3.81. The number of benzene rings is 2. The van der Waals surface area contributed by atoms with Crippen LogP contribution in [0.2, 0.25) is 0 Å². The van der Waals surface area contributed by atoms with E-state index in [1.807, 2.05) is 36.4 Å². The number of allylic oxidation sites excluding steroid dienone is 1. The molecule has 0 spiro atoms. The Morgan fingerprint density at radius 2 is 1.88 bits per heavy atom. The maximum atomic E-state index is 13.0. The largest absolute Gasteiger partial charge is 0.355 e. The van der Waals surface area contributed by atoms with Crippen LogP contribution in [-0.4, -0.2) is 9.97 Å².